The fourth-order valence-corrected chi connectivity index (χ4v) is 3.19. The maximum absolute atomic E-state index is 12.5. The predicted molar refractivity (Wildman–Crippen MR) is 94.7 cm³/mol. The highest BCUT2D eigenvalue weighted by atomic mass is 35.5. The van der Waals surface area contributed by atoms with Gasteiger partial charge in [-0.25, -0.2) is 13.2 Å². The molecular formula is C16H17ClN2O5S. The Bertz CT molecular complexity index is 943. The third kappa shape index (κ3) is 5.14. The van der Waals surface area contributed by atoms with E-state index in [1.54, 1.807) is 25.1 Å². The molecule has 1 heterocycles. The lowest BCUT2D eigenvalue weighted by atomic mass is 10.1. The van der Waals surface area contributed by atoms with Gasteiger partial charge in [-0.05, 0) is 31.5 Å². The summed E-state index contributed by atoms with van der Waals surface area (Å²) in [6.07, 6.45) is 0.774. The second-order valence-electron chi connectivity index (χ2n) is 5.76. The highest BCUT2D eigenvalue weighted by Crippen LogP contribution is 2.23. The number of halogens is 1. The minimum Gasteiger partial charge on any atom is -0.480 e. The minimum absolute atomic E-state index is 0.136. The van der Waals surface area contributed by atoms with Crippen LogP contribution in [0.2, 0.25) is 5.02 Å². The van der Waals surface area contributed by atoms with Crippen LogP contribution in [0.15, 0.2) is 24.3 Å². The number of aliphatic carboxylic acids is 1. The van der Waals surface area contributed by atoms with E-state index in [1.165, 1.54) is 6.07 Å². The van der Waals surface area contributed by atoms with Gasteiger partial charge in [0.1, 0.15) is 15.9 Å². The van der Waals surface area contributed by atoms with Crippen LogP contribution in [-0.2, 0) is 14.6 Å². The molecule has 0 radical (unpaired) electrons. The Morgan fingerprint density at radius 2 is 2.00 bits per heavy atom. The van der Waals surface area contributed by atoms with Gasteiger partial charge in [-0.2, -0.15) is 0 Å². The minimum atomic E-state index is -3.35. The molecule has 0 saturated carbocycles. The summed E-state index contributed by atoms with van der Waals surface area (Å²) >= 11 is 6.02. The fourth-order valence-electron chi connectivity index (χ4n) is 2.29. The second kappa shape index (κ2) is 7.37. The number of pyridine rings is 1. The van der Waals surface area contributed by atoms with Gasteiger partial charge in [0.05, 0.1) is 16.8 Å². The molecule has 0 saturated heterocycles. The number of carbonyl (C=O) groups is 2. The van der Waals surface area contributed by atoms with Crippen LogP contribution in [0, 0.1) is 6.92 Å². The molecule has 0 aliphatic heterocycles. The highest BCUT2D eigenvalue weighted by Gasteiger charge is 2.23. The topological polar surface area (TPSA) is 113 Å². The van der Waals surface area contributed by atoms with Crippen molar-refractivity contribution < 1.29 is 23.1 Å². The monoisotopic (exact) mass is 384 g/mol. The number of fused-ring (bicyclic) bond motifs is 1. The van der Waals surface area contributed by atoms with Crippen molar-refractivity contribution in [3.05, 3.63) is 40.5 Å². The molecule has 9 heteroatoms. The van der Waals surface area contributed by atoms with Gasteiger partial charge < -0.3 is 10.4 Å². The maximum Gasteiger partial charge on any atom is 0.326 e. The first-order valence-corrected chi connectivity index (χ1v) is 9.79. The van der Waals surface area contributed by atoms with Gasteiger partial charge in [-0.3, -0.25) is 9.78 Å². The van der Waals surface area contributed by atoms with Gasteiger partial charge >= 0.3 is 5.97 Å². The Kier molecular flexibility index (Phi) is 5.64. The first kappa shape index (κ1) is 19.1. The number of carboxylic acids is 1. The number of benzene rings is 1. The molecule has 1 atom stereocenters. The van der Waals surface area contributed by atoms with Gasteiger partial charge in [-0.15, -0.1) is 0 Å². The van der Waals surface area contributed by atoms with Crippen LogP contribution in [0.25, 0.3) is 10.9 Å². The lowest BCUT2D eigenvalue weighted by Crippen LogP contribution is -2.42. The summed E-state index contributed by atoms with van der Waals surface area (Å²) < 4.78 is 22.5. The number of carbonyl (C=O) groups excluding carboxylic acids is 1. The van der Waals surface area contributed by atoms with E-state index < -0.39 is 27.8 Å². The van der Waals surface area contributed by atoms with E-state index >= 15 is 0 Å². The van der Waals surface area contributed by atoms with Crippen LogP contribution < -0.4 is 5.32 Å². The zero-order chi connectivity index (χ0) is 18.8. The van der Waals surface area contributed by atoms with Crippen LogP contribution in [0.4, 0.5) is 0 Å². The molecule has 1 aromatic heterocycles. The molecule has 1 amide bonds. The molecule has 0 spiro atoms. The molecule has 2 aromatic rings. The molecule has 0 fully saturated rings. The predicted octanol–water partition coefficient (Wildman–Crippen LogP) is 1.81. The van der Waals surface area contributed by atoms with Crippen molar-refractivity contribution in [2.75, 3.05) is 12.0 Å². The van der Waals surface area contributed by atoms with Crippen LogP contribution in [0.1, 0.15) is 22.5 Å². The van der Waals surface area contributed by atoms with Crippen molar-refractivity contribution in [2.45, 2.75) is 19.4 Å². The summed E-state index contributed by atoms with van der Waals surface area (Å²) in [5, 5.41) is 12.5. The molecule has 134 valence electrons. The molecule has 1 unspecified atom stereocenters. The van der Waals surface area contributed by atoms with Gasteiger partial charge in [-0.1, -0.05) is 17.7 Å². The molecule has 1 aromatic carbocycles. The number of carboxylic acid groups (broad SMARTS) is 1. The number of aryl methyl sites for hydroxylation is 1. The van der Waals surface area contributed by atoms with Gasteiger partial charge in [0.15, 0.2) is 0 Å². The van der Waals surface area contributed by atoms with E-state index in [0.717, 1.165) is 6.26 Å². The van der Waals surface area contributed by atoms with E-state index in [-0.39, 0.29) is 17.7 Å². The number of hydrogen-bond acceptors (Lipinski definition) is 5. The number of amides is 1. The summed E-state index contributed by atoms with van der Waals surface area (Å²) in [4.78, 5) is 28.2. The zero-order valence-electron chi connectivity index (χ0n) is 13.6. The summed E-state index contributed by atoms with van der Waals surface area (Å²) in [5.41, 5.74) is 1.22. The number of nitrogens with zero attached hydrogens (tertiary/aromatic N) is 1. The molecule has 2 rings (SSSR count). The van der Waals surface area contributed by atoms with Crippen LogP contribution in [0.5, 0.6) is 0 Å². The van der Waals surface area contributed by atoms with Gasteiger partial charge in [0.25, 0.3) is 5.91 Å². The van der Waals surface area contributed by atoms with Crippen LogP contribution >= 0.6 is 11.6 Å². The smallest absolute Gasteiger partial charge is 0.326 e. The summed E-state index contributed by atoms with van der Waals surface area (Å²) in [6, 6.07) is 5.26. The molecule has 2 N–H and O–H groups in total. The molecule has 0 aliphatic carbocycles. The maximum atomic E-state index is 12.5. The Morgan fingerprint density at radius 3 is 2.60 bits per heavy atom. The van der Waals surface area contributed by atoms with E-state index in [0.29, 0.717) is 21.6 Å². The Labute approximate surface area is 149 Å². The number of hydrogen-bond donors (Lipinski definition) is 2. The summed E-state index contributed by atoms with van der Waals surface area (Å²) in [5.74, 6) is -2.34. The van der Waals surface area contributed by atoms with Crippen LogP contribution in [0.3, 0.4) is 0 Å². The summed E-state index contributed by atoms with van der Waals surface area (Å²) in [7, 11) is -3.35. The fraction of sp³-hybridized carbons (Fsp3) is 0.312. The third-order valence-corrected chi connectivity index (χ3v) is 4.72. The highest BCUT2D eigenvalue weighted by molar-refractivity contribution is 7.90. The number of sulfone groups is 1. The molecule has 0 aliphatic rings. The average Bonchev–Trinajstić information content (AvgIpc) is 2.49. The Morgan fingerprint density at radius 1 is 1.32 bits per heavy atom. The van der Waals surface area contributed by atoms with Crippen molar-refractivity contribution in [1.82, 2.24) is 10.3 Å². The number of nitrogens with one attached hydrogen (secondary N) is 1. The third-order valence-electron chi connectivity index (χ3n) is 3.52. The lowest BCUT2D eigenvalue weighted by Gasteiger charge is -2.15. The number of rotatable bonds is 6. The Hall–Kier alpha value is -2.19. The second-order valence-corrected chi connectivity index (χ2v) is 8.46. The van der Waals surface area contributed by atoms with Crippen molar-refractivity contribution in [3.63, 3.8) is 0 Å². The quantitative estimate of drug-likeness (QED) is 0.785. The van der Waals surface area contributed by atoms with E-state index in [4.69, 9.17) is 11.6 Å². The first-order chi connectivity index (χ1) is 11.6. The first-order valence-electron chi connectivity index (χ1n) is 7.35. The van der Waals surface area contributed by atoms with E-state index in [1.807, 2.05) is 0 Å². The lowest BCUT2D eigenvalue weighted by molar-refractivity contribution is -0.139. The van der Waals surface area contributed by atoms with Gasteiger partial charge in [0, 0.05) is 22.4 Å². The SMILES string of the molecule is Cc1ccc2cc(Cl)cc(C(=O)NC(CCS(C)(=O)=O)C(=O)O)c2n1. The average molecular weight is 385 g/mol. The van der Waals surface area contributed by atoms with Crippen LogP contribution in [-0.4, -0.2) is 48.4 Å². The molecule has 0 bridgehead atoms. The van der Waals surface area contributed by atoms with E-state index in [2.05, 4.69) is 10.3 Å². The van der Waals surface area contributed by atoms with E-state index in [9.17, 15) is 23.1 Å². The molecule has 7 nitrogen and oxygen atoms in total. The standard InChI is InChI=1S/C16H17ClN2O5S/c1-9-3-4-10-7-11(17)8-12(14(10)18-9)15(20)19-13(16(21)22)5-6-25(2,23)24/h3-4,7-8,13H,5-6H2,1-2H3,(H,19,20)(H,21,22). The largest absolute Gasteiger partial charge is 0.480 e. The van der Waals surface area contributed by atoms with Gasteiger partial charge in [0.2, 0.25) is 0 Å². The molecular weight excluding hydrogens is 368 g/mol. The zero-order valence-corrected chi connectivity index (χ0v) is 15.2. The normalized spacial score (nSPS) is 12.8. The summed E-state index contributed by atoms with van der Waals surface area (Å²) in [6.45, 7) is 1.77. The number of aromatic nitrogens is 1. The molecule has 25 heavy (non-hydrogen) atoms. The van der Waals surface area contributed by atoms with Crippen molar-refractivity contribution in [3.8, 4) is 0 Å². The van der Waals surface area contributed by atoms with Crippen molar-refractivity contribution in [2.24, 2.45) is 0 Å². The van der Waals surface area contributed by atoms with Crippen molar-refractivity contribution >= 4 is 44.2 Å². The van der Waals surface area contributed by atoms with Crippen molar-refractivity contribution in [1.29, 1.82) is 0 Å². The Balaban J connectivity index is 2.34.